The minimum absolute atomic E-state index is 0.563. The molecule has 0 amide bonds. The lowest BCUT2D eigenvalue weighted by atomic mass is 10.1. The molecule has 3 rings (SSSR count). The van der Waals surface area contributed by atoms with E-state index in [-0.39, 0.29) is 0 Å². The van der Waals surface area contributed by atoms with Gasteiger partial charge in [0.2, 0.25) is 21.6 Å². The van der Waals surface area contributed by atoms with Crippen LogP contribution in [0.3, 0.4) is 0 Å². The molecule has 14 heteroatoms. The molecule has 3 aromatic rings. The smallest absolute Gasteiger partial charge is 0.258 e. The maximum Gasteiger partial charge on any atom is 0.258 e. The van der Waals surface area contributed by atoms with E-state index < -0.39 is 67.2 Å². The number of benzene rings is 1. The summed E-state index contributed by atoms with van der Waals surface area (Å²) in [5.74, 6) is -13.1. The van der Waals surface area contributed by atoms with Crippen LogP contribution in [0.1, 0.15) is 0 Å². The van der Waals surface area contributed by atoms with E-state index in [9.17, 15) is 30.4 Å². The van der Waals surface area contributed by atoms with Gasteiger partial charge in [0.25, 0.3) is 10.9 Å². The monoisotopic (exact) mass is 380 g/mol. The topological polar surface area (TPSA) is 116 Å². The Morgan fingerprint density at radius 2 is 1.40 bits per heavy atom. The van der Waals surface area contributed by atoms with E-state index in [1.807, 2.05) is 0 Å². The summed E-state index contributed by atoms with van der Waals surface area (Å²) in [6, 6.07) is 0. The third-order valence-electron chi connectivity index (χ3n) is 2.98. The largest absolute Gasteiger partial charge is 0.368 e. The SMILES string of the molecule is CS(=O)(=O)c1nc(N)n2nc(-c3c(F)c(F)c(F)c(F)c3F)nc2n1. The first-order valence-corrected chi connectivity index (χ1v) is 8.03. The van der Waals surface area contributed by atoms with Crippen molar-refractivity contribution in [2.75, 3.05) is 12.0 Å². The number of hydrogen-bond acceptors (Lipinski definition) is 7. The van der Waals surface area contributed by atoms with Gasteiger partial charge in [-0.1, -0.05) is 0 Å². The molecule has 0 saturated heterocycles. The summed E-state index contributed by atoms with van der Waals surface area (Å²) in [6.07, 6.45) is 0.764. The summed E-state index contributed by atoms with van der Waals surface area (Å²) in [6.45, 7) is 0. The fraction of sp³-hybridized carbons (Fsp3) is 0.0909. The molecule has 0 spiro atoms. The van der Waals surface area contributed by atoms with E-state index in [0.717, 1.165) is 6.26 Å². The highest BCUT2D eigenvalue weighted by atomic mass is 32.2. The van der Waals surface area contributed by atoms with Crippen molar-refractivity contribution < 1.29 is 30.4 Å². The van der Waals surface area contributed by atoms with E-state index in [4.69, 9.17) is 5.73 Å². The molecule has 0 aliphatic rings. The molecular formula is C11H5F5N6O2S. The number of nitrogens with zero attached hydrogens (tertiary/aromatic N) is 5. The van der Waals surface area contributed by atoms with Gasteiger partial charge < -0.3 is 5.73 Å². The maximum atomic E-state index is 13.8. The van der Waals surface area contributed by atoms with Gasteiger partial charge in [0, 0.05) is 6.26 Å². The van der Waals surface area contributed by atoms with Crippen LogP contribution in [0.5, 0.6) is 0 Å². The molecule has 1 aromatic carbocycles. The molecule has 2 aromatic heterocycles. The molecule has 0 aliphatic heterocycles. The molecule has 8 nitrogen and oxygen atoms in total. The van der Waals surface area contributed by atoms with E-state index >= 15 is 0 Å². The molecule has 132 valence electrons. The summed E-state index contributed by atoms with van der Waals surface area (Å²) >= 11 is 0. The van der Waals surface area contributed by atoms with Crippen LogP contribution in [0.4, 0.5) is 27.9 Å². The van der Waals surface area contributed by atoms with Crippen LogP contribution in [0.15, 0.2) is 5.16 Å². The molecule has 2 N–H and O–H groups in total. The normalized spacial score (nSPS) is 12.1. The van der Waals surface area contributed by atoms with Gasteiger partial charge >= 0.3 is 0 Å². The second-order valence-electron chi connectivity index (χ2n) is 4.73. The van der Waals surface area contributed by atoms with Gasteiger partial charge in [0.15, 0.2) is 29.1 Å². The van der Waals surface area contributed by atoms with Crippen LogP contribution < -0.4 is 5.73 Å². The second-order valence-corrected chi connectivity index (χ2v) is 6.64. The Bertz CT molecular complexity index is 1120. The van der Waals surface area contributed by atoms with E-state index in [1.54, 1.807) is 0 Å². The standard InChI is InChI=1S/C11H5F5N6O2S/c1-25(23,24)11-19-9(17)22-10(20-11)18-8(21-22)2-3(12)5(14)7(16)6(15)4(2)13/h1H3,(H2,17,18,19,20,21). The number of anilines is 1. The summed E-state index contributed by atoms with van der Waals surface area (Å²) < 4.78 is 90.8. The number of sulfone groups is 1. The van der Waals surface area contributed by atoms with Crippen molar-refractivity contribution in [1.29, 1.82) is 0 Å². The molecule has 0 aliphatic carbocycles. The minimum Gasteiger partial charge on any atom is -0.368 e. The average molecular weight is 380 g/mol. The Morgan fingerprint density at radius 1 is 0.880 bits per heavy atom. The molecular weight excluding hydrogens is 375 g/mol. The average Bonchev–Trinajstić information content (AvgIpc) is 2.94. The van der Waals surface area contributed by atoms with Gasteiger partial charge in [-0.2, -0.15) is 19.5 Å². The van der Waals surface area contributed by atoms with E-state index in [1.165, 1.54) is 0 Å². The lowest BCUT2D eigenvalue weighted by Crippen LogP contribution is -2.11. The first-order valence-electron chi connectivity index (χ1n) is 6.14. The van der Waals surface area contributed by atoms with Crippen LogP contribution in [0.2, 0.25) is 0 Å². The molecule has 0 bridgehead atoms. The van der Waals surface area contributed by atoms with Crippen LogP contribution >= 0.6 is 0 Å². The zero-order valence-electron chi connectivity index (χ0n) is 11.9. The van der Waals surface area contributed by atoms with Gasteiger partial charge in [-0.05, 0) is 0 Å². The number of aromatic nitrogens is 5. The van der Waals surface area contributed by atoms with Crippen LogP contribution in [0.25, 0.3) is 17.2 Å². The molecule has 0 atom stereocenters. The Balaban J connectivity index is 2.34. The summed E-state index contributed by atoms with van der Waals surface area (Å²) in [7, 11) is -3.91. The van der Waals surface area contributed by atoms with Crippen molar-refractivity contribution in [3.63, 3.8) is 0 Å². The van der Waals surface area contributed by atoms with Crippen molar-refractivity contribution in [2.24, 2.45) is 0 Å². The van der Waals surface area contributed by atoms with Crippen molar-refractivity contribution >= 4 is 21.6 Å². The fourth-order valence-electron chi connectivity index (χ4n) is 1.86. The maximum absolute atomic E-state index is 13.8. The van der Waals surface area contributed by atoms with Crippen molar-refractivity contribution in [1.82, 2.24) is 24.6 Å². The van der Waals surface area contributed by atoms with E-state index in [0.29, 0.717) is 4.52 Å². The number of rotatable bonds is 2. The summed E-state index contributed by atoms with van der Waals surface area (Å²) in [5.41, 5.74) is 4.04. The van der Waals surface area contributed by atoms with Gasteiger partial charge in [0.1, 0.15) is 0 Å². The number of fused-ring (bicyclic) bond motifs is 1. The highest BCUT2D eigenvalue weighted by Crippen LogP contribution is 2.30. The summed E-state index contributed by atoms with van der Waals surface area (Å²) in [5, 5.41) is 2.71. The molecule has 2 heterocycles. The molecule has 0 unspecified atom stereocenters. The fourth-order valence-corrected chi connectivity index (χ4v) is 2.37. The van der Waals surface area contributed by atoms with Crippen molar-refractivity contribution in [2.45, 2.75) is 5.16 Å². The Morgan fingerprint density at radius 3 is 1.92 bits per heavy atom. The lowest BCUT2D eigenvalue weighted by molar-refractivity contribution is 0.381. The minimum atomic E-state index is -3.91. The lowest BCUT2D eigenvalue weighted by Gasteiger charge is -2.04. The van der Waals surface area contributed by atoms with Crippen LogP contribution in [0, 0.1) is 29.1 Å². The number of halogens is 5. The van der Waals surface area contributed by atoms with Gasteiger partial charge in [-0.25, -0.2) is 30.4 Å². The first kappa shape index (κ1) is 16.9. The molecule has 0 saturated carbocycles. The van der Waals surface area contributed by atoms with Gasteiger partial charge in [0.05, 0.1) is 5.56 Å². The van der Waals surface area contributed by atoms with Gasteiger partial charge in [-0.3, -0.25) is 0 Å². The molecule has 0 fully saturated rings. The highest BCUT2D eigenvalue weighted by molar-refractivity contribution is 7.90. The Kier molecular flexibility index (Phi) is 3.59. The van der Waals surface area contributed by atoms with Gasteiger partial charge in [-0.15, -0.1) is 5.10 Å². The highest BCUT2D eigenvalue weighted by Gasteiger charge is 2.29. The predicted octanol–water partition coefficient (Wildman–Crippen LogP) is 0.867. The third-order valence-corrected chi connectivity index (χ3v) is 3.82. The van der Waals surface area contributed by atoms with E-state index in [2.05, 4.69) is 20.1 Å². The molecule has 0 radical (unpaired) electrons. The quantitative estimate of drug-likeness (QED) is 0.398. The Labute approximate surface area is 135 Å². The third kappa shape index (κ3) is 2.54. The Hall–Kier alpha value is -2.90. The van der Waals surface area contributed by atoms with Crippen molar-refractivity contribution in [3.05, 3.63) is 29.1 Å². The van der Waals surface area contributed by atoms with Crippen LogP contribution in [-0.4, -0.2) is 39.2 Å². The number of nitrogens with two attached hydrogens (primary N) is 1. The summed E-state index contributed by atoms with van der Waals surface area (Å²) in [4.78, 5) is 10.4. The van der Waals surface area contributed by atoms with Crippen LogP contribution in [-0.2, 0) is 9.84 Å². The van der Waals surface area contributed by atoms with Crippen molar-refractivity contribution in [3.8, 4) is 11.4 Å². The first-order chi connectivity index (χ1) is 11.5. The molecule has 25 heavy (non-hydrogen) atoms. The zero-order chi connectivity index (χ0) is 18.7. The second kappa shape index (κ2) is 5.30. The number of nitrogen functional groups attached to an aromatic ring is 1. The zero-order valence-corrected chi connectivity index (χ0v) is 12.7. The number of hydrogen-bond donors (Lipinski definition) is 1. The predicted molar refractivity (Wildman–Crippen MR) is 71.3 cm³/mol.